The highest BCUT2D eigenvalue weighted by Gasteiger charge is 2.36. The molecular formula is C13H26N2O3. The number of carboxylic acid groups (broad SMARTS) is 1. The second-order valence-corrected chi connectivity index (χ2v) is 5.71. The molecule has 0 aromatic carbocycles. The fraction of sp³-hybridized carbons (Fsp3) is 0.923. The smallest absolute Gasteiger partial charge is 0.324 e. The molecule has 0 radical (unpaired) electrons. The topological polar surface area (TPSA) is 61.8 Å². The molecule has 106 valence electrons. The van der Waals surface area contributed by atoms with Crippen molar-refractivity contribution in [2.75, 3.05) is 26.2 Å². The van der Waals surface area contributed by atoms with Gasteiger partial charge in [0.25, 0.3) is 0 Å². The summed E-state index contributed by atoms with van der Waals surface area (Å²) < 4.78 is 5.58. The molecule has 1 rings (SSSR count). The van der Waals surface area contributed by atoms with Gasteiger partial charge >= 0.3 is 5.97 Å². The van der Waals surface area contributed by atoms with Gasteiger partial charge < -0.3 is 9.84 Å². The van der Waals surface area contributed by atoms with Crippen LogP contribution in [-0.4, -0.2) is 59.9 Å². The van der Waals surface area contributed by atoms with E-state index < -0.39 is 11.5 Å². The maximum absolute atomic E-state index is 11.5. The zero-order valence-corrected chi connectivity index (χ0v) is 11.9. The van der Waals surface area contributed by atoms with Gasteiger partial charge in [-0.1, -0.05) is 0 Å². The second kappa shape index (κ2) is 6.50. The summed E-state index contributed by atoms with van der Waals surface area (Å²) >= 11 is 0. The van der Waals surface area contributed by atoms with Crippen LogP contribution in [0.25, 0.3) is 0 Å². The van der Waals surface area contributed by atoms with E-state index in [1.54, 1.807) is 6.92 Å². The number of nitrogens with one attached hydrogen (secondary N) is 1. The summed E-state index contributed by atoms with van der Waals surface area (Å²) in [7, 11) is 0. The van der Waals surface area contributed by atoms with Gasteiger partial charge in [0.05, 0.1) is 6.10 Å². The summed E-state index contributed by atoms with van der Waals surface area (Å²) in [5.41, 5.74) is -0.905. The molecule has 0 spiro atoms. The minimum atomic E-state index is -0.905. The van der Waals surface area contributed by atoms with E-state index in [1.165, 1.54) is 0 Å². The molecule has 0 aromatic rings. The maximum Gasteiger partial charge on any atom is 0.324 e. The molecule has 0 aliphatic carbocycles. The van der Waals surface area contributed by atoms with Crippen molar-refractivity contribution in [1.82, 2.24) is 10.2 Å². The third-order valence-electron chi connectivity index (χ3n) is 3.16. The largest absolute Gasteiger partial charge is 0.480 e. The molecule has 5 nitrogen and oxygen atoms in total. The molecule has 5 heteroatoms. The van der Waals surface area contributed by atoms with Gasteiger partial charge in [0.2, 0.25) is 0 Å². The number of carboxylic acids is 1. The third kappa shape index (κ3) is 4.55. The Morgan fingerprint density at radius 3 is 2.83 bits per heavy atom. The summed E-state index contributed by atoms with van der Waals surface area (Å²) in [6.45, 7) is 10.7. The van der Waals surface area contributed by atoms with Crippen LogP contribution in [0.4, 0.5) is 0 Å². The number of nitrogens with zero attached hydrogens (tertiary/aromatic N) is 1. The van der Waals surface area contributed by atoms with E-state index in [-0.39, 0.29) is 12.1 Å². The van der Waals surface area contributed by atoms with Crippen molar-refractivity contribution in [1.29, 1.82) is 0 Å². The molecular weight excluding hydrogens is 232 g/mol. The average molecular weight is 258 g/mol. The lowest BCUT2D eigenvalue weighted by molar-refractivity contribution is -0.145. The van der Waals surface area contributed by atoms with Crippen molar-refractivity contribution in [3.8, 4) is 0 Å². The van der Waals surface area contributed by atoms with Gasteiger partial charge in [0.15, 0.2) is 0 Å². The first-order valence-corrected chi connectivity index (χ1v) is 6.68. The van der Waals surface area contributed by atoms with Gasteiger partial charge in [-0.15, -0.1) is 0 Å². The number of aliphatic carboxylic acids is 1. The van der Waals surface area contributed by atoms with Crippen LogP contribution in [0.15, 0.2) is 0 Å². The highest BCUT2D eigenvalue weighted by Crippen LogP contribution is 2.13. The van der Waals surface area contributed by atoms with Crippen molar-refractivity contribution in [3.63, 3.8) is 0 Å². The van der Waals surface area contributed by atoms with Crippen molar-refractivity contribution in [3.05, 3.63) is 0 Å². The lowest BCUT2D eigenvalue weighted by Crippen LogP contribution is -2.59. The fourth-order valence-electron chi connectivity index (χ4n) is 2.48. The predicted molar refractivity (Wildman–Crippen MR) is 70.8 cm³/mol. The third-order valence-corrected chi connectivity index (χ3v) is 3.16. The monoisotopic (exact) mass is 258 g/mol. The minimum Gasteiger partial charge on any atom is -0.480 e. The Morgan fingerprint density at radius 2 is 2.28 bits per heavy atom. The van der Waals surface area contributed by atoms with Gasteiger partial charge in [0.1, 0.15) is 5.54 Å². The highest BCUT2D eigenvalue weighted by atomic mass is 16.5. The lowest BCUT2D eigenvalue weighted by atomic mass is 10.00. The molecule has 0 saturated carbocycles. The Hall–Kier alpha value is -0.650. The highest BCUT2D eigenvalue weighted by molar-refractivity contribution is 5.78. The van der Waals surface area contributed by atoms with Crippen LogP contribution in [-0.2, 0) is 9.53 Å². The molecule has 1 fully saturated rings. The van der Waals surface area contributed by atoms with Crippen molar-refractivity contribution in [2.24, 2.45) is 0 Å². The Kier molecular flexibility index (Phi) is 5.56. The summed E-state index contributed by atoms with van der Waals surface area (Å²) in [5, 5.41) is 12.6. The van der Waals surface area contributed by atoms with E-state index in [0.29, 0.717) is 6.54 Å². The van der Waals surface area contributed by atoms with Crippen LogP contribution in [0.5, 0.6) is 0 Å². The van der Waals surface area contributed by atoms with Crippen molar-refractivity contribution < 1.29 is 14.6 Å². The van der Waals surface area contributed by atoms with Crippen LogP contribution >= 0.6 is 0 Å². The first kappa shape index (κ1) is 15.4. The van der Waals surface area contributed by atoms with E-state index in [0.717, 1.165) is 26.1 Å². The quantitative estimate of drug-likeness (QED) is 0.768. The number of carbonyl (C=O) groups is 1. The molecule has 0 bridgehead atoms. The molecule has 2 unspecified atom stereocenters. The normalized spacial score (nSPS) is 25.7. The van der Waals surface area contributed by atoms with Crippen LogP contribution in [0.2, 0.25) is 0 Å². The SMILES string of the molecule is CC(C)NC(C)(CN1CCCOC(C)C1)C(=O)O. The lowest BCUT2D eigenvalue weighted by Gasteiger charge is -2.34. The maximum atomic E-state index is 11.5. The molecule has 1 aliphatic rings. The molecule has 1 saturated heterocycles. The molecule has 1 heterocycles. The van der Waals surface area contributed by atoms with Crippen LogP contribution < -0.4 is 5.32 Å². The standard InChI is InChI=1S/C13H26N2O3/c1-10(2)14-13(4,12(16)17)9-15-6-5-7-18-11(3)8-15/h10-11,14H,5-9H2,1-4H3,(H,16,17). The number of rotatable bonds is 5. The van der Waals surface area contributed by atoms with Gasteiger partial charge in [-0.05, 0) is 34.1 Å². The zero-order chi connectivity index (χ0) is 13.8. The summed E-state index contributed by atoms with van der Waals surface area (Å²) in [4.78, 5) is 13.7. The van der Waals surface area contributed by atoms with Crippen molar-refractivity contribution in [2.45, 2.75) is 51.8 Å². The molecule has 2 atom stereocenters. The van der Waals surface area contributed by atoms with E-state index in [2.05, 4.69) is 10.2 Å². The molecule has 0 amide bonds. The van der Waals surface area contributed by atoms with E-state index in [9.17, 15) is 9.90 Å². The summed E-state index contributed by atoms with van der Waals surface area (Å²) in [5.74, 6) is -0.797. The Bertz CT molecular complexity index is 283. The average Bonchev–Trinajstić information content (AvgIpc) is 2.41. The Balaban J connectivity index is 2.67. The Labute approximate surface area is 109 Å². The van der Waals surface area contributed by atoms with E-state index >= 15 is 0 Å². The first-order chi connectivity index (χ1) is 8.33. The predicted octanol–water partition coefficient (Wildman–Crippen LogP) is 0.939. The van der Waals surface area contributed by atoms with Crippen molar-refractivity contribution >= 4 is 5.97 Å². The minimum absolute atomic E-state index is 0.145. The summed E-state index contributed by atoms with van der Waals surface area (Å²) in [6.07, 6.45) is 1.13. The zero-order valence-electron chi connectivity index (χ0n) is 11.9. The van der Waals surface area contributed by atoms with Crippen LogP contribution in [0, 0.1) is 0 Å². The van der Waals surface area contributed by atoms with E-state index in [4.69, 9.17) is 4.74 Å². The summed E-state index contributed by atoms with van der Waals surface area (Å²) in [6, 6.07) is 0.145. The van der Waals surface area contributed by atoms with Gasteiger partial charge in [-0.25, -0.2) is 0 Å². The van der Waals surface area contributed by atoms with Gasteiger partial charge in [-0.2, -0.15) is 0 Å². The molecule has 0 aromatic heterocycles. The van der Waals surface area contributed by atoms with Crippen LogP contribution in [0.1, 0.15) is 34.1 Å². The molecule has 1 aliphatic heterocycles. The second-order valence-electron chi connectivity index (χ2n) is 5.71. The Morgan fingerprint density at radius 1 is 1.61 bits per heavy atom. The van der Waals surface area contributed by atoms with E-state index in [1.807, 2.05) is 20.8 Å². The van der Waals surface area contributed by atoms with Gasteiger partial charge in [-0.3, -0.25) is 15.0 Å². The van der Waals surface area contributed by atoms with Crippen LogP contribution in [0.3, 0.4) is 0 Å². The number of hydrogen-bond donors (Lipinski definition) is 2. The molecule has 2 N–H and O–H groups in total. The van der Waals surface area contributed by atoms with Gasteiger partial charge in [0, 0.05) is 32.3 Å². The number of hydrogen-bond acceptors (Lipinski definition) is 4. The first-order valence-electron chi connectivity index (χ1n) is 6.68. The fourth-order valence-corrected chi connectivity index (χ4v) is 2.48. The molecule has 18 heavy (non-hydrogen) atoms. The number of ether oxygens (including phenoxy) is 1.